The third-order valence-corrected chi connectivity index (χ3v) is 1.51. The predicted octanol–water partition coefficient (Wildman–Crippen LogP) is 2.73. The SMILES string of the molecule is CCP.[Al].[Cu].c1ccc2ncccc2c1. The summed E-state index contributed by atoms with van der Waals surface area (Å²) < 4.78 is 0. The molecule has 0 amide bonds. The van der Waals surface area contributed by atoms with Crippen molar-refractivity contribution in [3.05, 3.63) is 42.6 Å². The van der Waals surface area contributed by atoms with Gasteiger partial charge in [0.2, 0.25) is 0 Å². The average molecular weight is 282 g/mol. The third-order valence-electron chi connectivity index (χ3n) is 1.51. The van der Waals surface area contributed by atoms with Crippen molar-refractivity contribution in [2.75, 3.05) is 6.16 Å². The van der Waals surface area contributed by atoms with Crippen LogP contribution in [0.25, 0.3) is 10.9 Å². The smallest absolute Gasteiger partial charge is 0.0701 e. The molecule has 0 saturated carbocycles. The molecule has 1 nitrogen and oxygen atoms in total. The van der Waals surface area contributed by atoms with Crippen LogP contribution in [0.2, 0.25) is 0 Å². The number of rotatable bonds is 0. The van der Waals surface area contributed by atoms with Crippen molar-refractivity contribution in [3.63, 3.8) is 0 Å². The molecule has 15 heavy (non-hydrogen) atoms. The molecule has 1 heterocycles. The molecule has 0 aliphatic carbocycles. The Labute approximate surface area is 115 Å². The first-order valence-corrected chi connectivity index (χ1v) is 5.20. The molecule has 2 rings (SSSR count). The van der Waals surface area contributed by atoms with E-state index in [0.29, 0.717) is 0 Å². The number of pyridine rings is 1. The van der Waals surface area contributed by atoms with Crippen molar-refractivity contribution in [3.8, 4) is 0 Å². The van der Waals surface area contributed by atoms with Crippen LogP contribution < -0.4 is 0 Å². The molecule has 0 aliphatic rings. The molecule has 1 atom stereocenters. The molecule has 1 aromatic heterocycles. The quantitative estimate of drug-likeness (QED) is 0.534. The molecule has 0 bridgehead atoms. The van der Waals surface area contributed by atoms with Gasteiger partial charge in [0, 0.05) is 46.0 Å². The summed E-state index contributed by atoms with van der Waals surface area (Å²) in [7, 11) is 2.58. The molecular formula is C11H14AlCuNP. The summed E-state index contributed by atoms with van der Waals surface area (Å²) >= 11 is 0. The van der Waals surface area contributed by atoms with Gasteiger partial charge in [0.15, 0.2) is 0 Å². The van der Waals surface area contributed by atoms with Gasteiger partial charge in [-0.2, -0.15) is 0 Å². The van der Waals surface area contributed by atoms with E-state index in [4.69, 9.17) is 0 Å². The molecule has 0 aliphatic heterocycles. The maximum absolute atomic E-state index is 4.18. The Morgan fingerprint density at radius 3 is 2.27 bits per heavy atom. The van der Waals surface area contributed by atoms with E-state index >= 15 is 0 Å². The average Bonchev–Trinajstić information content (AvgIpc) is 2.19. The molecule has 82 valence electrons. The van der Waals surface area contributed by atoms with Gasteiger partial charge in [0.05, 0.1) is 5.52 Å². The van der Waals surface area contributed by atoms with E-state index in [-0.39, 0.29) is 34.4 Å². The summed E-state index contributed by atoms with van der Waals surface area (Å²) in [5.41, 5.74) is 1.06. The molecule has 1 unspecified atom stereocenters. The summed E-state index contributed by atoms with van der Waals surface area (Å²) in [6.07, 6.45) is 2.97. The summed E-state index contributed by atoms with van der Waals surface area (Å²) in [6, 6.07) is 12.1. The zero-order valence-corrected chi connectivity index (χ0v) is 11.9. The predicted molar refractivity (Wildman–Crippen MR) is 67.7 cm³/mol. The monoisotopic (exact) mass is 281 g/mol. The van der Waals surface area contributed by atoms with E-state index < -0.39 is 0 Å². The van der Waals surface area contributed by atoms with Gasteiger partial charge in [-0.25, -0.2) is 0 Å². The second-order valence-corrected chi connectivity index (χ2v) is 3.42. The van der Waals surface area contributed by atoms with Crippen LogP contribution in [0.15, 0.2) is 42.6 Å². The Morgan fingerprint density at radius 1 is 1.13 bits per heavy atom. The second-order valence-electron chi connectivity index (χ2n) is 2.60. The van der Waals surface area contributed by atoms with Crippen LogP contribution >= 0.6 is 9.24 Å². The molecule has 4 heteroatoms. The van der Waals surface area contributed by atoms with Crippen LogP contribution in [-0.4, -0.2) is 28.5 Å². The van der Waals surface area contributed by atoms with Gasteiger partial charge >= 0.3 is 0 Å². The van der Waals surface area contributed by atoms with Crippen LogP contribution in [0.3, 0.4) is 0 Å². The molecule has 2 aromatic rings. The summed E-state index contributed by atoms with van der Waals surface area (Å²) in [5, 5.41) is 1.20. The van der Waals surface area contributed by atoms with Gasteiger partial charge in [0.1, 0.15) is 0 Å². The summed E-state index contributed by atoms with van der Waals surface area (Å²) in [6.45, 7) is 2.09. The minimum Gasteiger partial charge on any atom is -0.256 e. The minimum absolute atomic E-state index is 0. The number of para-hydroxylation sites is 1. The van der Waals surface area contributed by atoms with Gasteiger partial charge in [-0.15, -0.1) is 9.24 Å². The Morgan fingerprint density at radius 2 is 1.67 bits per heavy atom. The van der Waals surface area contributed by atoms with E-state index in [0.717, 1.165) is 5.52 Å². The largest absolute Gasteiger partial charge is 0.256 e. The fraction of sp³-hybridized carbons (Fsp3) is 0.182. The van der Waals surface area contributed by atoms with E-state index in [2.05, 4.69) is 33.3 Å². The van der Waals surface area contributed by atoms with Crippen molar-refractivity contribution >= 4 is 37.5 Å². The number of aromatic nitrogens is 1. The van der Waals surface area contributed by atoms with E-state index in [1.165, 1.54) is 11.5 Å². The normalized spacial score (nSPS) is 7.87. The van der Waals surface area contributed by atoms with Crippen LogP contribution in [-0.2, 0) is 17.1 Å². The second kappa shape index (κ2) is 10.6. The molecule has 0 saturated heterocycles. The summed E-state index contributed by atoms with van der Waals surface area (Å²) in [5.74, 6) is 0. The van der Waals surface area contributed by atoms with Crippen LogP contribution in [0, 0.1) is 0 Å². The number of benzene rings is 1. The first-order chi connectivity index (χ1) is 6.38. The van der Waals surface area contributed by atoms with Gasteiger partial charge in [-0.3, -0.25) is 4.98 Å². The fourth-order valence-electron chi connectivity index (χ4n) is 1.02. The Bertz CT molecular complexity index is 305. The third kappa shape index (κ3) is 6.31. The molecular weight excluding hydrogens is 268 g/mol. The number of nitrogens with zero attached hydrogens (tertiary/aromatic N) is 1. The van der Waals surface area contributed by atoms with Crippen molar-refractivity contribution in [1.29, 1.82) is 0 Å². The molecule has 0 spiro atoms. The number of hydrogen-bond acceptors (Lipinski definition) is 1. The number of fused-ring (bicyclic) bond motifs is 1. The van der Waals surface area contributed by atoms with E-state index in [9.17, 15) is 0 Å². The van der Waals surface area contributed by atoms with Crippen LogP contribution in [0.1, 0.15) is 6.92 Å². The standard InChI is InChI=1S/C9H7N.C2H7P.Al.Cu/c1-2-6-9-8(4-1)5-3-7-10-9;1-2-3;;/h1-7H;2-3H2,1H3;;. The van der Waals surface area contributed by atoms with E-state index in [1.807, 2.05) is 30.5 Å². The molecule has 0 N–H and O–H groups in total. The van der Waals surface area contributed by atoms with E-state index in [1.54, 1.807) is 0 Å². The van der Waals surface area contributed by atoms with Crippen LogP contribution in [0.4, 0.5) is 0 Å². The number of hydrogen-bond donors (Lipinski definition) is 0. The molecule has 4 radical (unpaired) electrons. The minimum atomic E-state index is 0. The van der Waals surface area contributed by atoms with Gasteiger partial charge in [-0.1, -0.05) is 31.2 Å². The van der Waals surface area contributed by atoms with Crippen molar-refractivity contribution in [2.24, 2.45) is 0 Å². The first kappa shape index (κ1) is 17.5. The Kier molecular flexibility index (Phi) is 12.4. The Balaban J connectivity index is 0. The maximum atomic E-state index is 4.18. The first-order valence-electron chi connectivity index (χ1n) is 4.38. The van der Waals surface area contributed by atoms with Crippen LogP contribution in [0.5, 0.6) is 0 Å². The fourth-order valence-corrected chi connectivity index (χ4v) is 1.02. The topological polar surface area (TPSA) is 12.9 Å². The molecule has 1 aromatic carbocycles. The molecule has 0 fully saturated rings. The van der Waals surface area contributed by atoms with Crippen molar-refractivity contribution < 1.29 is 17.1 Å². The van der Waals surface area contributed by atoms with Crippen molar-refractivity contribution in [1.82, 2.24) is 4.98 Å². The van der Waals surface area contributed by atoms with Gasteiger partial charge in [-0.05, 0) is 18.3 Å². The van der Waals surface area contributed by atoms with Crippen molar-refractivity contribution in [2.45, 2.75) is 6.92 Å². The zero-order chi connectivity index (χ0) is 9.52. The van der Waals surface area contributed by atoms with Gasteiger partial charge < -0.3 is 0 Å². The zero-order valence-electron chi connectivity index (χ0n) is 8.65. The maximum Gasteiger partial charge on any atom is 0.0701 e. The van der Waals surface area contributed by atoms with Gasteiger partial charge in [0.25, 0.3) is 0 Å². The summed E-state index contributed by atoms with van der Waals surface area (Å²) in [4.78, 5) is 4.18. The Hall–Kier alpha value is 0.112.